The van der Waals surface area contributed by atoms with E-state index in [9.17, 15) is 4.79 Å². The van der Waals surface area contributed by atoms with Crippen LogP contribution in [-0.2, 0) is 4.79 Å². The zero-order valence-electron chi connectivity index (χ0n) is 13.8. The molecule has 1 fully saturated rings. The highest BCUT2D eigenvalue weighted by atomic mass is 16.2. The van der Waals surface area contributed by atoms with Gasteiger partial charge in [-0.15, -0.1) is 0 Å². The normalized spacial score (nSPS) is 19.7. The molecule has 6 nitrogen and oxygen atoms in total. The molecule has 1 aliphatic carbocycles. The number of carbonyl (C=O) groups is 1. The van der Waals surface area contributed by atoms with Gasteiger partial charge in [0.1, 0.15) is 6.17 Å². The third-order valence-electron chi connectivity index (χ3n) is 4.29. The van der Waals surface area contributed by atoms with Crippen LogP contribution < -0.4 is 21.1 Å². The molecule has 1 heterocycles. The fraction of sp³-hybridized carbons (Fsp3) is 0.333. The van der Waals surface area contributed by atoms with Gasteiger partial charge in [0, 0.05) is 23.4 Å². The third-order valence-corrected chi connectivity index (χ3v) is 4.29. The molecule has 2 aliphatic rings. The zero-order valence-corrected chi connectivity index (χ0v) is 13.8. The second kappa shape index (κ2) is 6.39. The largest absolute Gasteiger partial charge is 0.368 e. The summed E-state index contributed by atoms with van der Waals surface area (Å²) in [6, 6.07) is 5.87. The van der Waals surface area contributed by atoms with Crippen molar-refractivity contribution in [3.05, 3.63) is 39.9 Å². The molecular formula is C18H21N5O. The van der Waals surface area contributed by atoms with Crippen molar-refractivity contribution in [2.75, 3.05) is 0 Å². The lowest BCUT2D eigenvalue weighted by Gasteiger charge is -2.19. The van der Waals surface area contributed by atoms with Gasteiger partial charge in [-0.25, -0.2) is 5.53 Å². The number of fused-ring (bicyclic) bond motifs is 1. The highest BCUT2D eigenvalue weighted by Gasteiger charge is 2.30. The molecule has 0 spiro atoms. The van der Waals surface area contributed by atoms with Crippen molar-refractivity contribution in [2.45, 2.75) is 32.9 Å². The first-order valence-electron chi connectivity index (χ1n) is 8.02. The average Bonchev–Trinajstić information content (AvgIpc) is 3.39. The molecule has 24 heavy (non-hydrogen) atoms. The van der Waals surface area contributed by atoms with Gasteiger partial charge in [-0.1, -0.05) is 12.1 Å². The number of allylic oxidation sites excluding steroid dienone is 2. The first-order chi connectivity index (χ1) is 11.5. The predicted octanol–water partition coefficient (Wildman–Crippen LogP) is 1.46. The van der Waals surface area contributed by atoms with E-state index in [-0.39, 0.29) is 18.0 Å². The Morgan fingerprint density at radius 2 is 2.04 bits per heavy atom. The fourth-order valence-corrected chi connectivity index (χ4v) is 2.87. The number of hydrogen-bond donors (Lipinski definition) is 4. The van der Waals surface area contributed by atoms with Crippen molar-refractivity contribution in [2.24, 2.45) is 11.0 Å². The summed E-state index contributed by atoms with van der Waals surface area (Å²) in [5, 5.41) is 19.6. The maximum Gasteiger partial charge on any atom is 0.224 e. The molecule has 3 rings (SSSR count). The van der Waals surface area contributed by atoms with E-state index >= 15 is 0 Å². The highest BCUT2D eigenvalue weighted by molar-refractivity contribution is 6.21. The monoisotopic (exact) mass is 323 g/mol. The van der Waals surface area contributed by atoms with E-state index in [2.05, 4.69) is 15.7 Å². The van der Waals surface area contributed by atoms with E-state index in [1.54, 1.807) is 13.8 Å². The number of rotatable bonds is 5. The molecule has 1 unspecified atom stereocenters. The molecule has 1 aromatic carbocycles. The van der Waals surface area contributed by atoms with Gasteiger partial charge >= 0.3 is 0 Å². The first kappa shape index (κ1) is 16.1. The van der Waals surface area contributed by atoms with E-state index in [4.69, 9.17) is 10.9 Å². The number of nitrogens with zero attached hydrogens (tertiary/aromatic N) is 1. The number of hydrogen-bond acceptors (Lipinski definition) is 5. The maximum atomic E-state index is 11.9. The van der Waals surface area contributed by atoms with Crippen LogP contribution in [0.3, 0.4) is 0 Å². The number of nitrogens with one attached hydrogen (secondary N) is 4. The van der Waals surface area contributed by atoms with E-state index < -0.39 is 0 Å². The number of amides is 1. The average molecular weight is 323 g/mol. The van der Waals surface area contributed by atoms with Crippen LogP contribution >= 0.6 is 0 Å². The molecule has 1 aromatic rings. The minimum absolute atomic E-state index is 0.106. The topological polar surface area (TPSA) is 101 Å². The molecule has 0 aromatic heterocycles. The fourth-order valence-electron chi connectivity index (χ4n) is 2.87. The maximum absolute atomic E-state index is 11.9. The van der Waals surface area contributed by atoms with Gasteiger partial charge in [0.05, 0.1) is 5.70 Å². The molecule has 6 heteroatoms. The Morgan fingerprint density at radius 3 is 2.67 bits per heavy atom. The summed E-state index contributed by atoms with van der Waals surface area (Å²) >= 11 is 0. The van der Waals surface area contributed by atoms with Crippen LogP contribution in [0.1, 0.15) is 32.3 Å². The predicted molar refractivity (Wildman–Crippen MR) is 93.6 cm³/mol. The second-order valence-corrected chi connectivity index (χ2v) is 6.28. The van der Waals surface area contributed by atoms with Crippen LogP contribution in [0.2, 0.25) is 0 Å². The van der Waals surface area contributed by atoms with Gasteiger partial charge in [-0.2, -0.15) is 5.11 Å². The zero-order chi connectivity index (χ0) is 17.3. The number of carbonyl (C=O) groups excluding carboxylic acids is 1. The van der Waals surface area contributed by atoms with Crippen molar-refractivity contribution in [1.29, 1.82) is 10.9 Å². The lowest BCUT2D eigenvalue weighted by molar-refractivity contribution is -0.122. The minimum atomic E-state index is -0.194. The molecule has 1 saturated carbocycles. The first-order valence-corrected chi connectivity index (χ1v) is 8.02. The molecule has 0 saturated heterocycles. The number of benzene rings is 1. The van der Waals surface area contributed by atoms with Crippen molar-refractivity contribution in [1.82, 2.24) is 10.6 Å². The van der Waals surface area contributed by atoms with Gasteiger partial charge in [-0.05, 0) is 54.8 Å². The molecule has 0 radical (unpaired) electrons. The summed E-state index contributed by atoms with van der Waals surface area (Å²) in [6.45, 7) is 3.43. The molecule has 1 aliphatic heterocycles. The highest BCUT2D eigenvalue weighted by Crippen LogP contribution is 2.28. The molecule has 0 bridgehead atoms. The van der Waals surface area contributed by atoms with Crippen molar-refractivity contribution < 1.29 is 4.79 Å². The summed E-state index contributed by atoms with van der Waals surface area (Å²) in [7, 11) is 0. The second-order valence-electron chi connectivity index (χ2n) is 6.28. The molecule has 1 amide bonds. The Balaban J connectivity index is 1.91. The van der Waals surface area contributed by atoms with Gasteiger partial charge in [0.15, 0.2) is 0 Å². The van der Waals surface area contributed by atoms with Gasteiger partial charge in [-0.3, -0.25) is 4.79 Å². The van der Waals surface area contributed by atoms with Crippen molar-refractivity contribution in [3.8, 4) is 0 Å². The van der Waals surface area contributed by atoms with Crippen molar-refractivity contribution >= 4 is 29.5 Å². The molecule has 4 N–H and O–H groups in total. The minimum Gasteiger partial charge on any atom is -0.368 e. The Hall–Kier alpha value is -2.76. The smallest absolute Gasteiger partial charge is 0.224 e. The van der Waals surface area contributed by atoms with E-state index in [1.165, 1.54) is 0 Å². The van der Waals surface area contributed by atoms with Crippen LogP contribution in [0.15, 0.2) is 29.0 Å². The third kappa shape index (κ3) is 3.27. The Bertz CT molecular complexity index is 864. The summed E-state index contributed by atoms with van der Waals surface area (Å²) < 4.78 is 0. The van der Waals surface area contributed by atoms with Crippen LogP contribution in [0.25, 0.3) is 17.8 Å². The summed E-state index contributed by atoms with van der Waals surface area (Å²) in [6.07, 6.45) is 5.64. The summed E-state index contributed by atoms with van der Waals surface area (Å²) in [5.74, 6) is 0.290. The van der Waals surface area contributed by atoms with Gasteiger partial charge in [0.25, 0.3) is 0 Å². The van der Waals surface area contributed by atoms with Crippen LogP contribution in [0.5, 0.6) is 0 Å². The summed E-state index contributed by atoms with van der Waals surface area (Å²) in [5.41, 5.74) is 9.64. The quantitative estimate of drug-likeness (QED) is 0.487. The lowest BCUT2D eigenvalue weighted by atomic mass is 9.98. The van der Waals surface area contributed by atoms with E-state index in [1.807, 2.05) is 30.5 Å². The van der Waals surface area contributed by atoms with Gasteiger partial charge < -0.3 is 16.0 Å². The molecular weight excluding hydrogens is 302 g/mol. The Morgan fingerprint density at radius 1 is 1.29 bits per heavy atom. The van der Waals surface area contributed by atoms with E-state index in [0.717, 1.165) is 28.8 Å². The SMILES string of the molecule is CC(=N)/C(=C(/C)N=N)c1ccc2c(c1)=CNC(NC(=O)C1CC1)C=2. The van der Waals surface area contributed by atoms with Crippen LogP contribution in [0.4, 0.5) is 0 Å². The summed E-state index contributed by atoms with van der Waals surface area (Å²) in [4.78, 5) is 11.9. The Labute approximate surface area is 140 Å². The molecule has 1 atom stereocenters. The van der Waals surface area contributed by atoms with Crippen molar-refractivity contribution in [3.63, 3.8) is 0 Å². The van der Waals surface area contributed by atoms with Crippen LogP contribution in [-0.4, -0.2) is 17.8 Å². The lowest BCUT2D eigenvalue weighted by Crippen LogP contribution is -2.48. The standard InChI is InChI=1S/C18H21N5O/c1-10(19)17(11(2)23-20)14-6-5-13-8-16(21-9-15(13)7-14)22-18(24)12-3-4-12/h5-9,12,16,19-21H,3-4H2,1-2H3,(H,22,24)/b17-11+,19-10?,23-20?. The Kier molecular flexibility index (Phi) is 4.29. The van der Waals surface area contributed by atoms with Crippen LogP contribution in [0, 0.1) is 16.9 Å². The molecule has 124 valence electrons. The van der Waals surface area contributed by atoms with Gasteiger partial charge in [0.2, 0.25) is 5.91 Å². The van der Waals surface area contributed by atoms with E-state index in [0.29, 0.717) is 17.0 Å².